The lowest BCUT2D eigenvalue weighted by molar-refractivity contribution is -0.117. The maximum atomic E-state index is 11.5. The minimum atomic E-state index is 0.0822. The zero-order valence-corrected chi connectivity index (χ0v) is 7.70. The van der Waals surface area contributed by atoms with E-state index in [-0.39, 0.29) is 11.8 Å². The number of amides is 1. The molecule has 1 saturated carbocycles. The minimum Gasteiger partial charge on any atom is -0.359 e. The highest BCUT2D eigenvalue weighted by Crippen LogP contribution is 2.38. The first-order valence-electron chi connectivity index (χ1n) is 4.40. The van der Waals surface area contributed by atoms with Gasteiger partial charge in [-0.1, -0.05) is 12.1 Å². The van der Waals surface area contributed by atoms with Crippen molar-refractivity contribution in [2.75, 3.05) is 5.32 Å². The predicted octanol–water partition coefficient (Wildman–Crippen LogP) is 1.58. The lowest BCUT2D eigenvalue weighted by Gasteiger charge is -2.00. The fraction of sp³-hybridized carbons (Fsp3) is 0.556. The molecule has 1 aromatic rings. The zero-order valence-electron chi connectivity index (χ0n) is 7.70. The van der Waals surface area contributed by atoms with Crippen LogP contribution in [0.5, 0.6) is 0 Å². The Morgan fingerprint density at radius 2 is 2.46 bits per heavy atom. The molecule has 1 N–H and O–H groups in total. The van der Waals surface area contributed by atoms with Crippen molar-refractivity contribution in [2.24, 2.45) is 11.8 Å². The lowest BCUT2D eigenvalue weighted by Crippen LogP contribution is -2.14. The number of rotatable bonds is 2. The summed E-state index contributed by atoms with van der Waals surface area (Å²) in [7, 11) is 0. The molecule has 4 nitrogen and oxygen atoms in total. The topological polar surface area (TPSA) is 55.1 Å². The number of aromatic nitrogens is 1. The summed E-state index contributed by atoms with van der Waals surface area (Å²) in [6.07, 6.45) is 2.52. The minimum absolute atomic E-state index is 0.0822. The first-order valence-corrected chi connectivity index (χ1v) is 4.40. The van der Waals surface area contributed by atoms with Crippen LogP contribution in [0.4, 0.5) is 5.69 Å². The van der Waals surface area contributed by atoms with Gasteiger partial charge in [0.05, 0.1) is 6.20 Å². The first-order chi connectivity index (χ1) is 6.18. The molecule has 0 saturated heterocycles. The molecule has 1 amide bonds. The largest absolute Gasteiger partial charge is 0.359 e. The van der Waals surface area contributed by atoms with E-state index < -0.39 is 0 Å². The van der Waals surface area contributed by atoms with E-state index in [9.17, 15) is 4.79 Å². The molecule has 1 aliphatic carbocycles. The summed E-state index contributed by atoms with van der Waals surface area (Å²) in [4.78, 5) is 11.5. The van der Waals surface area contributed by atoms with Crippen LogP contribution in [0, 0.1) is 18.8 Å². The van der Waals surface area contributed by atoms with Gasteiger partial charge < -0.3 is 9.84 Å². The van der Waals surface area contributed by atoms with Gasteiger partial charge in [0.15, 0.2) is 5.76 Å². The SMILES string of the molecule is Cc1oncc1NC(=O)[C@@H]1C[C@H]1C. The highest BCUT2D eigenvalue weighted by atomic mass is 16.5. The summed E-state index contributed by atoms with van der Waals surface area (Å²) in [5.74, 6) is 1.45. The van der Waals surface area contributed by atoms with E-state index >= 15 is 0 Å². The highest BCUT2D eigenvalue weighted by molar-refractivity contribution is 5.94. The van der Waals surface area contributed by atoms with E-state index in [1.54, 1.807) is 6.92 Å². The molecule has 0 aliphatic heterocycles. The zero-order chi connectivity index (χ0) is 9.42. The van der Waals surface area contributed by atoms with Crippen molar-refractivity contribution in [3.05, 3.63) is 12.0 Å². The van der Waals surface area contributed by atoms with Gasteiger partial charge in [-0.3, -0.25) is 4.79 Å². The molecule has 70 valence electrons. The van der Waals surface area contributed by atoms with Crippen molar-refractivity contribution in [3.8, 4) is 0 Å². The number of nitrogens with one attached hydrogen (secondary N) is 1. The quantitative estimate of drug-likeness (QED) is 0.751. The number of hydrogen-bond donors (Lipinski definition) is 1. The fourth-order valence-electron chi connectivity index (χ4n) is 1.33. The van der Waals surface area contributed by atoms with Crippen LogP contribution in [-0.4, -0.2) is 11.1 Å². The van der Waals surface area contributed by atoms with E-state index in [0.717, 1.165) is 6.42 Å². The monoisotopic (exact) mass is 180 g/mol. The second kappa shape index (κ2) is 2.87. The third kappa shape index (κ3) is 1.56. The third-order valence-electron chi connectivity index (χ3n) is 2.45. The first kappa shape index (κ1) is 8.29. The third-order valence-corrected chi connectivity index (χ3v) is 2.45. The molecule has 2 atom stereocenters. The predicted molar refractivity (Wildman–Crippen MR) is 47.1 cm³/mol. The van der Waals surface area contributed by atoms with Crippen LogP contribution in [0.2, 0.25) is 0 Å². The van der Waals surface area contributed by atoms with Crippen LogP contribution in [0.15, 0.2) is 10.7 Å². The van der Waals surface area contributed by atoms with Crippen LogP contribution in [-0.2, 0) is 4.79 Å². The molecule has 2 rings (SSSR count). The van der Waals surface area contributed by atoms with Crippen LogP contribution in [0.25, 0.3) is 0 Å². The Morgan fingerprint density at radius 3 is 2.92 bits per heavy atom. The molecule has 0 radical (unpaired) electrons. The van der Waals surface area contributed by atoms with Crippen LogP contribution in [0.3, 0.4) is 0 Å². The van der Waals surface area contributed by atoms with Crippen molar-refractivity contribution in [2.45, 2.75) is 20.3 Å². The number of carbonyl (C=O) groups excluding carboxylic acids is 1. The van der Waals surface area contributed by atoms with Crippen LogP contribution < -0.4 is 5.32 Å². The highest BCUT2D eigenvalue weighted by Gasteiger charge is 2.39. The molecule has 0 aromatic carbocycles. The lowest BCUT2D eigenvalue weighted by atomic mass is 10.3. The van der Waals surface area contributed by atoms with Crippen molar-refractivity contribution in [3.63, 3.8) is 0 Å². The van der Waals surface area contributed by atoms with E-state index in [1.165, 1.54) is 6.20 Å². The summed E-state index contributed by atoms with van der Waals surface area (Å²) >= 11 is 0. The summed E-state index contributed by atoms with van der Waals surface area (Å²) < 4.78 is 4.83. The van der Waals surface area contributed by atoms with Gasteiger partial charge in [-0.25, -0.2) is 0 Å². The van der Waals surface area contributed by atoms with Gasteiger partial charge in [0.1, 0.15) is 5.69 Å². The van der Waals surface area contributed by atoms with Crippen LogP contribution >= 0.6 is 0 Å². The molecule has 0 bridgehead atoms. The number of hydrogen-bond acceptors (Lipinski definition) is 3. The normalized spacial score (nSPS) is 25.7. The molecule has 1 aromatic heterocycles. The Bertz CT molecular complexity index is 332. The molecule has 13 heavy (non-hydrogen) atoms. The van der Waals surface area contributed by atoms with E-state index in [4.69, 9.17) is 4.52 Å². The number of aryl methyl sites for hydroxylation is 1. The second-order valence-electron chi connectivity index (χ2n) is 3.60. The van der Waals surface area contributed by atoms with Gasteiger partial charge in [-0.05, 0) is 19.3 Å². The molecule has 1 heterocycles. The fourth-order valence-corrected chi connectivity index (χ4v) is 1.33. The van der Waals surface area contributed by atoms with Gasteiger partial charge >= 0.3 is 0 Å². The molecule has 4 heteroatoms. The summed E-state index contributed by atoms with van der Waals surface area (Å²) in [6.45, 7) is 3.85. The van der Waals surface area contributed by atoms with E-state index in [2.05, 4.69) is 17.4 Å². The molecule has 0 unspecified atom stereocenters. The second-order valence-corrected chi connectivity index (χ2v) is 3.60. The van der Waals surface area contributed by atoms with Gasteiger partial charge in [-0.2, -0.15) is 0 Å². The van der Waals surface area contributed by atoms with Crippen molar-refractivity contribution >= 4 is 11.6 Å². The summed E-state index contributed by atoms with van der Waals surface area (Å²) in [6, 6.07) is 0. The number of nitrogens with zero attached hydrogens (tertiary/aromatic N) is 1. The molecule has 1 aliphatic rings. The Balaban J connectivity index is 1.99. The molecule has 1 fully saturated rings. The van der Waals surface area contributed by atoms with E-state index in [1.807, 2.05) is 0 Å². The van der Waals surface area contributed by atoms with Gasteiger partial charge in [0.2, 0.25) is 5.91 Å². The smallest absolute Gasteiger partial charge is 0.227 e. The molecule has 0 spiro atoms. The summed E-state index contributed by atoms with van der Waals surface area (Å²) in [5.41, 5.74) is 0.684. The average molecular weight is 180 g/mol. The Kier molecular flexibility index (Phi) is 1.83. The Morgan fingerprint density at radius 1 is 1.77 bits per heavy atom. The van der Waals surface area contributed by atoms with Crippen LogP contribution in [0.1, 0.15) is 19.1 Å². The average Bonchev–Trinajstić information content (AvgIpc) is 2.68. The van der Waals surface area contributed by atoms with E-state index in [0.29, 0.717) is 17.4 Å². The van der Waals surface area contributed by atoms with Gasteiger partial charge in [0.25, 0.3) is 0 Å². The van der Waals surface area contributed by atoms with Crippen molar-refractivity contribution < 1.29 is 9.32 Å². The van der Waals surface area contributed by atoms with Gasteiger partial charge in [0, 0.05) is 5.92 Å². The van der Waals surface area contributed by atoms with Gasteiger partial charge in [-0.15, -0.1) is 0 Å². The van der Waals surface area contributed by atoms with Crippen molar-refractivity contribution in [1.29, 1.82) is 0 Å². The summed E-state index contributed by atoms with van der Waals surface area (Å²) in [5, 5.41) is 6.37. The number of anilines is 1. The standard InChI is InChI=1S/C9H12N2O2/c1-5-3-7(5)9(12)11-8-4-10-13-6(8)2/h4-5,7H,3H2,1-2H3,(H,11,12)/t5-,7-/m1/s1. The van der Waals surface area contributed by atoms with Crippen molar-refractivity contribution in [1.82, 2.24) is 5.16 Å². The molecular weight excluding hydrogens is 168 g/mol. The number of carbonyl (C=O) groups is 1. The Labute approximate surface area is 76.3 Å². The Hall–Kier alpha value is -1.32. The molecular formula is C9H12N2O2. The maximum Gasteiger partial charge on any atom is 0.227 e. The maximum absolute atomic E-state index is 11.5.